The van der Waals surface area contributed by atoms with Crippen LogP contribution < -0.4 is 4.52 Å². The molecule has 2 nitrogen and oxygen atoms in total. The summed E-state index contributed by atoms with van der Waals surface area (Å²) < 4.78 is 6.37. The minimum atomic E-state index is 1.47. The van der Waals surface area contributed by atoms with E-state index < -0.39 is 0 Å². The monoisotopic (exact) mass is 125 g/mol. The Bertz CT molecular complexity index is 42.9. The van der Waals surface area contributed by atoms with Crippen LogP contribution in [0.25, 0.3) is 0 Å². The molecule has 5 heteroatoms. The Morgan fingerprint density at radius 1 is 1.60 bits per heavy atom. The van der Waals surface area contributed by atoms with Crippen molar-refractivity contribution in [2.75, 3.05) is 0 Å². The molecule has 0 saturated heterocycles. The van der Waals surface area contributed by atoms with E-state index in [1.54, 1.807) is 9.83 Å². The molecule has 1 aliphatic rings. The number of rotatable bonds is 0. The highest BCUT2D eigenvalue weighted by molar-refractivity contribution is 9.08. The van der Waals surface area contributed by atoms with Gasteiger partial charge in [0.05, 0.1) is 14.3 Å². The topological polar surface area (TPSA) is 26.3 Å². The van der Waals surface area contributed by atoms with Crippen LogP contribution in [0.15, 0.2) is 4.52 Å². The van der Waals surface area contributed by atoms with Crippen molar-refractivity contribution in [2.24, 2.45) is 4.52 Å². The average molecular weight is 125 g/mol. The SMILES string of the molecule is N1=[NH+]SSS1. The molecule has 0 aliphatic carbocycles. The number of hydrogen-bond donors (Lipinski definition) is 1. The van der Waals surface area contributed by atoms with Crippen molar-refractivity contribution in [2.45, 2.75) is 0 Å². The van der Waals surface area contributed by atoms with Crippen molar-refractivity contribution in [1.82, 2.24) is 0 Å². The Morgan fingerprint density at radius 2 is 2.60 bits per heavy atom. The zero-order valence-electron chi connectivity index (χ0n) is 2.17. The van der Waals surface area contributed by atoms with E-state index in [2.05, 4.69) is 9.04 Å². The van der Waals surface area contributed by atoms with Crippen molar-refractivity contribution >= 4 is 31.8 Å². The first kappa shape index (κ1) is 3.83. The highest BCUT2D eigenvalue weighted by Crippen LogP contribution is 2.32. The Kier molecular flexibility index (Phi) is 1.49. The molecule has 0 aromatic rings. The fraction of sp³-hybridized carbons (Fsp3) is 0. The van der Waals surface area contributed by atoms with Gasteiger partial charge in [0.15, 0.2) is 0 Å². The lowest BCUT2D eigenvalue weighted by atomic mass is 13.2. The predicted octanol–water partition coefficient (Wildman–Crippen LogP) is 0.392. The summed E-state index contributed by atoms with van der Waals surface area (Å²) in [4.78, 5) is 0. The molecule has 1 aliphatic heterocycles. The smallest absolute Gasteiger partial charge is 0.0470 e. The molecule has 1 heterocycles. The number of nitrogens with zero attached hydrogens (tertiary/aromatic N) is 1. The molecule has 0 saturated carbocycles. The van der Waals surface area contributed by atoms with Crippen LogP contribution in [0.3, 0.4) is 0 Å². The Labute approximate surface area is 41.3 Å². The molecule has 1 N–H and O–H groups in total. The van der Waals surface area contributed by atoms with Gasteiger partial charge >= 0.3 is 0 Å². The van der Waals surface area contributed by atoms with Gasteiger partial charge in [-0.15, -0.1) is 0 Å². The number of hydrogen-bond acceptors (Lipinski definition) is 4. The van der Waals surface area contributed by atoms with E-state index in [1.165, 1.54) is 22.0 Å². The van der Waals surface area contributed by atoms with Crippen LogP contribution in [0.4, 0.5) is 0 Å². The van der Waals surface area contributed by atoms with Crippen LogP contribution in [0.5, 0.6) is 0 Å². The van der Waals surface area contributed by atoms with Crippen LogP contribution in [-0.4, -0.2) is 0 Å². The van der Waals surface area contributed by atoms with Crippen molar-refractivity contribution in [1.29, 1.82) is 0 Å². The molecular formula is HN2S3+. The number of nitrogens with one attached hydrogen (secondary N) is 1. The molecule has 0 radical (unpaired) electrons. The molecule has 0 bridgehead atoms. The Morgan fingerprint density at radius 3 is 2.80 bits per heavy atom. The van der Waals surface area contributed by atoms with Gasteiger partial charge < -0.3 is 0 Å². The first-order chi connectivity index (χ1) is 2.50. The molecular weight excluding hydrogens is 124 g/mol. The maximum atomic E-state index is 3.68. The predicted molar refractivity (Wildman–Crippen MR) is 26.2 cm³/mol. The molecule has 1 rings (SSSR count). The largest absolute Gasteiger partial charge is 0.272 e. The third-order valence-electron chi connectivity index (χ3n) is 0.176. The lowest BCUT2D eigenvalue weighted by molar-refractivity contribution is -0.318. The highest BCUT2D eigenvalue weighted by Gasteiger charge is 2.01. The lowest BCUT2D eigenvalue weighted by Crippen LogP contribution is -2.50. The highest BCUT2D eigenvalue weighted by atomic mass is 33.5. The minimum Gasteiger partial charge on any atom is -0.0470 e. The molecule has 0 amide bonds. The molecule has 0 aromatic heterocycles. The summed E-state index contributed by atoms with van der Waals surface area (Å²) in [5.41, 5.74) is 0. The summed E-state index contributed by atoms with van der Waals surface area (Å²) >= 11 is 0. The normalized spacial score (nSPS) is 20.8. The summed E-state index contributed by atoms with van der Waals surface area (Å²) in [6, 6.07) is 0. The van der Waals surface area contributed by atoms with E-state index in [1.807, 2.05) is 0 Å². The maximum Gasteiger partial charge on any atom is 0.272 e. The minimum absolute atomic E-state index is 1.47. The molecule has 0 aromatic carbocycles. The zero-order valence-corrected chi connectivity index (χ0v) is 4.62. The summed E-state index contributed by atoms with van der Waals surface area (Å²) in [6.45, 7) is 0. The third-order valence-corrected chi connectivity index (χ3v) is 2.75. The molecule has 28 valence electrons. The second-order valence-electron chi connectivity index (χ2n) is 0.408. The second kappa shape index (κ2) is 1.94. The van der Waals surface area contributed by atoms with Crippen LogP contribution in [-0.2, 0) is 0 Å². The van der Waals surface area contributed by atoms with Gasteiger partial charge in [0.1, 0.15) is 11.0 Å². The first-order valence-corrected chi connectivity index (χ1v) is 4.38. The van der Waals surface area contributed by atoms with Gasteiger partial charge in [-0.2, -0.15) is 0 Å². The van der Waals surface area contributed by atoms with E-state index in [0.717, 1.165) is 0 Å². The van der Waals surface area contributed by atoms with Crippen LogP contribution in [0.2, 0.25) is 0 Å². The fourth-order valence-electron chi connectivity index (χ4n) is 0.0761. The van der Waals surface area contributed by atoms with Gasteiger partial charge in [-0.1, -0.05) is 0 Å². The van der Waals surface area contributed by atoms with E-state index >= 15 is 0 Å². The van der Waals surface area contributed by atoms with Gasteiger partial charge in [0, 0.05) is 0 Å². The summed E-state index contributed by atoms with van der Waals surface area (Å²) in [5.74, 6) is 0. The summed E-state index contributed by atoms with van der Waals surface area (Å²) in [7, 11) is 4.63. The van der Waals surface area contributed by atoms with Crippen LogP contribution in [0.1, 0.15) is 0 Å². The Balaban J connectivity index is 2.32. The fourth-order valence-corrected chi connectivity index (χ4v) is 2.05. The molecule has 0 unspecified atom stereocenters. The van der Waals surface area contributed by atoms with Gasteiger partial charge in [-0.25, -0.2) is 0 Å². The van der Waals surface area contributed by atoms with Gasteiger partial charge in [0.2, 0.25) is 0 Å². The van der Waals surface area contributed by atoms with Gasteiger partial charge in [0.25, 0.3) is 11.0 Å². The molecule has 0 atom stereocenters. The Hall–Kier alpha value is 0.650. The molecule has 0 fully saturated rings. The van der Waals surface area contributed by atoms with Gasteiger partial charge in [-0.3, -0.25) is 0 Å². The van der Waals surface area contributed by atoms with Crippen molar-refractivity contribution in [3.8, 4) is 0 Å². The third kappa shape index (κ3) is 1.02. The lowest BCUT2D eigenvalue weighted by Gasteiger charge is -1.51. The van der Waals surface area contributed by atoms with Crippen molar-refractivity contribution in [3.05, 3.63) is 0 Å². The summed E-state index contributed by atoms with van der Waals surface area (Å²) in [5, 5.41) is 0. The van der Waals surface area contributed by atoms with Crippen LogP contribution >= 0.6 is 31.8 Å². The van der Waals surface area contributed by atoms with Crippen LogP contribution in [0, 0.1) is 0 Å². The zero-order chi connectivity index (χ0) is 3.54. The van der Waals surface area contributed by atoms with Crippen molar-refractivity contribution < 1.29 is 4.52 Å². The van der Waals surface area contributed by atoms with E-state index in [0.29, 0.717) is 0 Å². The molecule has 5 heavy (non-hydrogen) atoms. The first-order valence-electron chi connectivity index (χ1n) is 0.944. The second-order valence-corrected chi connectivity index (χ2v) is 3.81. The van der Waals surface area contributed by atoms with E-state index in [9.17, 15) is 0 Å². The molecule has 0 spiro atoms. The van der Waals surface area contributed by atoms with Gasteiger partial charge in [-0.05, 0) is 4.52 Å². The maximum absolute atomic E-state index is 3.68. The van der Waals surface area contributed by atoms with E-state index in [4.69, 9.17) is 0 Å². The summed E-state index contributed by atoms with van der Waals surface area (Å²) in [6.07, 6.45) is 0. The standard InChI is InChI=1S/N2S3/c1-2-4-5-3-1/p+1. The quantitative estimate of drug-likeness (QED) is 0.375. The van der Waals surface area contributed by atoms with Crippen molar-refractivity contribution in [3.63, 3.8) is 0 Å². The van der Waals surface area contributed by atoms with E-state index in [-0.39, 0.29) is 0 Å². The average Bonchev–Trinajstić information content (AvgIpc) is 1.76.